The number of rotatable bonds is 13. The van der Waals surface area contributed by atoms with E-state index in [1.165, 1.54) is 12.7 Å². The summed E-state index contributed by atoms with van der Waals surface area (Å²) in [7, 11) is -4.10. The quantitative estimate of drug-likeness (QED) is 0.0839. The fraction of sp³-hybridized carbons (Fsp3) is 0.593. The average Bonchev–Trinajstić information content (AvgIpc) is 3.47. The molecule has 9 N–H and O–H groups in total. The highest BCUT2D eigenvalue weighted by atomic mass is 31.2. The number of hydrogen-bond donors (Lipinski definition) is 9. The zero-order chi connectivity index (χ0) is 33.9. The normalized spacial score (nSPS) is 33.3. The second-order valence-corrected chi connectivity index (χ2v) is 12.9. The van der Waals surface area contributed by atoms with Crippen molar-refractivity contribution in [2.75, 3.05) is 24.9 Å². The zero-order valence-electron chi connectivity index (χ0n) is 25.0. The van der Waals surface area contributed by atoms with E-state index in [2.05, 4.69) is 20.3 Å². The molecule has 20 heteroatoms. The average molecular weight is 688 g/mol. The molecule has 3 aromatic rings. The first-order valence-corrected chi connectivity index (χ1v) is 16.4. The Morgan fingerprint density at radius 3 is 2.36 bits per heavy atom. The summed E-state index contributed by atoms with van der Waals surface area (Å²) in [5.41, 5.74) is 0.574. The predicted octanol–water partition coefficient (Wildman–Crippen LogP) is -2.51. The number of nitrogens with zero attached hydrogens (tertiary/aromatic N) is 4. The van der Waals surface area contributed by atoms with Crippen LogP contribution in [0.15, 0.2) is 43.0 Å². The summed E-state index contributed by atoms with van der Waals surface area (Å²) in [5, 5.41) is 74.5. The van der Waals surface area contributed by atoms with Gasteiger partial charge < -0.3 is 74.0 Å². The van der Waals surface area contributed by atoms with Gasteiger partial charge in [-0.05, 0) is 19.1 Å². The number of benzene rings is 1. The third-order valence-corrected chi connectivity index (χ3v) is 8.62. The number of para-hydroxylation sites is 1. The number of ether oxygens (including phenoxy) is 4. The Bertz CT molecular complexity index is 1500. The van der Waals surface area contributed by atoms with Gasteiger partial charge in [-0.15, -0.1) is 0 Å². The zero-order valence-corrected chi connectivity index (χ0v) is 25.9. The van der Waals surface area contributed by atoms with E-state index < -0.39 is 94.6 Å². The largest absolute Gasteiger partial charge is 0.423 e. The molecule has 0 radical (unpaired) electrons. The van der Waals surface area contributed by atoms with E-state index in [1.54, 1.807) is 41.8 Å². The molecule has 0 saturated carbocycles. The Balaban J connectivity index is 1.22. The van der Waals surface area contributed by atoms with E-state index in [-0.39, 0.29) is 23.6 Å². The number of aliphatic hydroxyl groups excluding tert-OH is 7. The smallest absolute Gasteiger partial charge is 0.402 e. The minimum atomic E-state index is -4.10. The fourth-order valence-electron chi connectivity index (χ4n) is 5.19. The van der Waals surface area contributed by atoms with Gasteiger partial charge in [0, 0.05) is 0 Å². The van der Waals surface area contributed by atoms with Crippen molar-refractivity contribution in [1.29, 1.82) is 0 Å². The molecule has 1 aromatic carbocycles. The summed E-state index contributed by atoms with van der Waals surface area (Å²) >= 11 is 0. The van der Waals surface area contributed by atoms with Gasteiger partial charge in [-0.1, -0.05) is 18.2 Å². The first-order chi connectivity index (χ1) is 22.4. The van der Waals surface area contributed by atoms with Crippen molar-refractivity contribution in [3.8, 4) is 5.75 Å². The lowest BCUT2D eigenvalue weighted by Gasteiger charge is -2.46. The molecule has 1 unspecified atom stereocenters. The van der Waals surface area contributed by atoms with E-state index in [9.17, 15) is 45.2 Å². The van der Waals surface area contributed by atoms with E-state index in [1.807, 2.05) is 0 Å². The van der Waals surface area contributed by atoms with Gasteiger partial charge in [0.05, 0.1) is 32.2 Å². The Kier molecular flexibility index (Phi) is 11.4. The maximum Gasteiger partial charge on any atom is 0.402 e. The van der Waals surface area contributed by atoms with Gasteiger partial charge in [0.1, 0.15) is 66.4 Å². The highest BCUT2D eigenvalue weighted by molar-refractivity contribution is 7.53. The molecule has 2 aliphatic heterocycles. The molecule has 47 heavy (non-hydrogen) atoms. The van der Waals surface area contributed by atoms with Crippen LogP contribution < -0.4 is 9.84 Å². The van der Waals surface area contributed by atoms with Crippen molar-refractivity contribution >= 4 is 24.6 Å². The monoisotopic (exact) mass is 687 g/mol. The molecule has 0 aliphatic carbocycles. The minimum Gasteiger partial charge on any atom is -0.423 e. The maximum atomic E-state index is 12.5. The van der Waals surface area contributed by atoms with Gasteiger partial charge in [0.25, 0.3) is 0 Å². The second kappa shape index (κ2) is 15.1. The van der Waals surface area contributed by atoms with Crippen LogP contribution in [0.3, 0.4) is 0 Å². The number of anilines is 1. The molecule has 0 bridgehead atoms. The summed E-state index contributed by atoms with van der Waals surface area (Å²) in [6.45, 7) is 0.423. The maximum absolute atomic E-state index is 12.5. The van der Waals surface area contributed by atoms with Crippen molar-refractivity contribution in [3.05, 3.63) is 43.0 Å². The molecule has 260 valence electrons. The topological polar surface area (TPSA) is 281 Å². The summed E-state index contributed by atoms with van der Waals surface area (Å²) in [5.74, 6) is 0.327. The SMILES string of the molecule is C[C@H](Cn1cnc2c(N[C@H]3O[C@H](CO)[C@@H](O[C@@H]4O[C@H](CO)[C@H](O)[C@H](O)[C@H]4O)[C@@H](O)[C@H]3O)ncnc21)OCP(=O)(O)Oc1ccccc1. The number of aliphatic hydroxyl groups is 7. The van der Waals surface area contributed by atoms with Crippen molar-refractivity contribution < 1.29 is 68.7 Å². The van der Waals surface area contributed by atoms with Crippen molar-refractivity contribution in [2.24, 2.45) is 0 Å². The third-order valence-electron chi connectivity index (χ3n) is 7.65. The molecule has 12 atom stereocenters. The van der Waals surface area contributed by atoms with Crippen molar-refractivity contribution in [1.82, 2.24) is 19.5 Å². The van der Waals surface area contributed by atoms with Crippen LogP contribution in [0.25, 0.3) is 11.2 Å². The van der Waals surface area contributed by atoms with Crippen molar-refractivity contribution in [3.63, 3.8) is 0 Å². The predicted molar refractivity (Wildman–Crippen MR) is 158 cm³/mol. The summed E-state index contributed by atoms with van der Waals surface area (Å²) < 4.78 is 41.5. The van der Waals surface area contributed by atoms with Crippen LogP contribution in [0.2, 0.25) is 0 Å². The molecule has 2 aliphatic rings. The summed E-state index contributed by atoms with van der Waals surface area (Å²) in [4.78, 5) is 22.9. The summed E-state index contributed by atoms with van der Waals surface area (Å²) in [6.07, 6.45) is -14.2. The molecule has 4 heterocycles. The minimum absolute atomic E-state index is 0.0969. The van der Waals surface area contributed by atoms with Crippen LogP contribution in [-0.4, -0.2) is 147 Å². The van der Waals surface area contributed by atoms with Gasteiger partial charge in [-0.25, -0.2) is 19.5 Å². The van der Waals surface area contributed by atoms with E-state index >= 15 is 0 Å². The van der Waals surface area contributed by atoms with Crippen LogP contribution in [-0.2, 0) is 30.1 Å². The lowest BCUT2D eigenvalue weighted by molar-refractivity contribution is -0.340. The lowest BCUT2D eigenvalue weighted by Crippen LogP contribution is -2.65. The highest BCUT2D eigenvalue weighted by Crippen LogP contribution is 2.42. The molecule has 0 spiro atoms. The van der Waals surface area contributed by atoms with Gasteiger partial charge in [-0.3, -0.25) is 0 Å². The van der Waals surface area contributed by atoms with E-state index in [0.29, 0.717) is 5.65 Å². The van der Waals surface area contributed by atoms with Crippen LogP contribution in [0.5, 0.6) is 5.75 Å². The van der Waals surface area contributed by atoms with Gasteiger partial charge in [0.2, 0.25) is 0 Å². The highest BCUT2D eigenvalue weighted by Gasteiger charge is 2.50. The first-order valence-electron chi connectivity index (χ1n) is 14.6. The third kappa shape index (κ3) is 8.06. The fourth-order valence-corrected chi connectivity index (χ4v) is 6.13. The van der Waals surface area contributed by atoms with Crippen LogP contribution in [0, 0.1) is 0 Å². The molecule has 2 aromatic heterocycles. The van der Waals surface area contributed by atoms with Crippen LogP contribution >= 0.6 is 7.60 Å². The van der Waals surface area contributed by atoms with Gasteiger partial charge in [-0.2, -0.15) is 0 Å². The molecular weight excluding hydrogens is 649 g/mol. The van der Waals surface area contributed by atoms with E-state index in [0.717, 1.165) is 0 Å². The molecule has 19 nitrogen and oxygen atoms in total. The first kappa shape index (κ1) is 35.4. The molecule has 2 saturated heterocycles. The Morgan fingerprint density at radius 1 is 0.936 bits per heavy atom. The molecule has 5 rings (SSSR count). The van der Waals surface area contributed by atoms with Gasteiger partial charge >= 0.3 is 7.60 Å². The standard InChI is InChI=1S/C27H38N5O14P/c1-13(42-12-47(40,41)46-14-5-3-2-4-6-14)7-32-11-30-17-24(28-10-29-25(17)32)31-26-21(38)20(37)23(16(9-34)43-26)45-27-22(39)19(36)18(35)15(8-33)44-27/h2-6,10-11,13,15-16,18-23,26-27,33-39H,7-9,12H2,1H3,(H,40,41)(H,28,29,31)/t13-,15-,16-,18+,19+,20+,21-,22-,23-,26+,27+/m1/s1. The van der Waals surface area contributed by atoms with Crippen molar-refractivity contribution in [2.45, 2.75) is 80.9 Å². The number of hydrogen-bond acceptors (Lipinski definition) is 17. The van der Waals surface area contributed by atoms with E-state index in [4.69, 9.17) is 23.5 Å². The molecule has 0 amide bonds. The second-order valence-electron chi connectivity index (χ2n) is 11.1. The molecular formula is C27H38N5O14P. The number of nitrogens with one attached hydrogen (secondary N) is 1. The van der Waals surface area contributed by atoms with Crippen LogP contribution in [0.1, 0.15) is 6.92 Å². The van der Waals surface area contributed by atoms with Gasteiger partial charge in [0.15, 0.2) is 30.3 Å². The Hall–Kier alpha value is -2.88. The lowest BCUT2D eigenvalue weighted by atomic mass is 9.96. The number of fused-ring (bicyclic) bond motifs is 1. The number of imidazole rings is 1. The summed E-state index contributed by atoms with van der Waals surface area (Å²) in [6, 6.07) is 8.18. The Labute approximate surface area is 267 Å². The Morgan fingerprint density at radius 2 is 1.66 bits per heavy atom. The van der Waals surface area contributed by atoms with Crippen LogP contribution in [0.4, 0.5) is 5.82 Å². The number of aromatic nitrogens is 4. The molecule has 2 fully saturated rings.